The fraction of sp³-hybridized carbons (Fsp3) is 0.211. The van der Waals surface area contributed by atoms with Crippen LogP contribution in [0.1, 0.15) is 0 Å². The number of furan rings is 1. The van der Waals surface area contributed by atoms with E-state index in [4.69, 9.17) is 19.9 Å². The van der Waals surface area contributed by atoms with Crippen molar-refractivity contribution in [3.05, 3.63) is 48.7 Å². The van der Waals surface area contributed by atoms with E-state index in [1.54, 1.807) is 16.8 Å². The van der Waals surface area contributed by atoms with Gasteiger partial charge in [-0.15, -0.1) is 5.10 Å². The van der Waals surface area contributed by atoms with Gasteiger partial charge in [0.1, 0.15) is 5.82 Å². The van der Waals surface area contributed by atoms with Crippen molar-refractivity contribution in [3.63, 3.8) is 0 Å². The second-order valence-electron chi connectivity index (χ2n) is 6.28. The highest BCUT2D eigenvalue weighted by Crippen LogP contribution is 2.35. The van der Waals surface area contributed by atoms with Gasteiger partial charge in [0.15, 0.2) is 11.4 Å². The average molecular weight is 362 g/mol. The largest absolute Gasteiger partial charge is 0.461 e. The third-order valence-corrected chi connectivity index (χ3v) is 4.61. The van der Waals surface area contributed by atoms with Crippen molar-refractivity contribution in [2.24, 2.45) is 0 Å². The first kappa shape index (κ1) is 15.8. The van der Waals surface area contributed by atoms with E-state index in [-0.39, 0.29) is 5.95 Å². The van der Waals surface area contributed by atoms with E-state index in [9.17, 15) is 0 Å². The lowest BCUT2D eigenvalue weighted by Gasteiger charge is -2.29. The number of hydrogen-bond acceptors (Lipinski definition) is 7. The summed E-state index contributed by atoms with van der Waals surface area (Å²) in [5, 5.41) is 4.51. The van der Waals surface area contributed by atoms with Crippen molar-refractivity contribution >= 4 is 17.4 Å². The zero-order chi connectivity index (χ0) is 18.2. The Morgan fingerprint density at radius 2 is 1.78 bits per heavy atom. The second-order valence-corrected chi connectivity index (χ2v) is 6.28. The monoisotopic (exact) mass is 362 g/mol. The topological polar surface area (TPSA) is 94.7 Å². The number of hydrogen-bond donors (Lipinski definition) is 1. The molecular formula is C19H18N6O2. The van der Waals surface area contributed by atoms with Gasteiger partial charge < -0.3 is 19.8 Å². The van der Waals surface area contributed by atoms with Crippen molar-refractivity contribution < 1.29 is 9.15 Å². The number of ether oxygens (including phenoxy) is 1. The van der Waals surface area contributed by atoms with E-state index in [0.717, 1.165) is 30.0 Å². The van der Waals surface area contributed by atoms with Crippen molar-refractivity contribution in [1.29, 1.82) is 0 Å². The lowest BCUT2D eigenvalue weighted by atomic mass is 10.1. The summed E-state index contributed by atoms with van der Waals surface area (Å²) in [6.07, 6.45) is 1.60. The number of rotatable bonds is 3. The van der Waals surface area contributed by atoms with Crippen LogP contribution >= 0.6 is 0 Å². The van der Waals surface area contributed by atoms with Crippen LogP contribution in [0.3, 0.4) is 0 Å². The van der Waals surface area contributed by atoms with E-state index >= 15 is 0 Å². The molecule has 0 radical (unpaired) electrons. The number of nitrogens with zero attached hydrogens (tertiary/aromatic N) is 5. The van der Waals surface area contributed by atoms with Crippen LogP contribution in [-0.2, 0) is 4.74 Å². The number of anilines is 2. The normalized spacial score (nSPS) is 14.7. The van der Waals surface area contributed by atoms with E-state index in [2.05, 4.69) is 15.0 Å². The first-order valence-electron chi connectivity index (χ1n) is 8.79. The molecule has 0 unspecified atom stereocenters. The number of morpholine rings is 1. The molecule has 136 valence electrons. The molecule has 4 heterocycles. The molecule has 0 spiro atoms. The highest BCUT2D eigenvalue weighted by Gasteiger charge is 2.24. The van der Waals surface area contributed by atoms with Gasteiger partial charge in [0.25, 0.3) is 0 Å². The Bertz CT molecular complexity index is 1070. The minimum atomic E-state index is 0.288. The van der Waals surface area contributed by atoms with Gasteiger partial charge >= 0.3 is 0 Å². The minimum Gasteiger partial charge on any atom is -0.461 e. The van der Waals surface area contributed by atoms with E-state index < -0.39 is 0 Å². The summed E-state index contributed by atoms with van der Waals surface area (Å²) in [4.78, 5) is 11.6. The number of aromatic nitrogens is 4. The van der Waals surface area contributed by atoms with Crippen molar-refractivity contribution in [2.75, 3.05) is 36.9 Å². The summed E-state index contributed by atoms with van der Waals surface area (Å²) in [5.41, 5.74) is 8.80. The summed E-state index contributed by atoms with van der Waals surface area (Å²) in [6, 6.07) is 13.7. The molecule has 8 heteroatoms. The molecule has 0 aliphatic carbocycles. The molecule has 5 rings (SSSR count). The predicted molar refractivity (Wildman–Crippen MR) is 101 cm³/mol. The highest BCUT2D eigenvalue weighted by molar-refractivity contribution is 5.88. The van der Waals surface area contributed by atoms with Crippen molar-refractivity contribution in [2.45, 2.75) is 0 Å². The fourth-order valence-electron chi connectivity index (χ4n) is 3.32. The second kappa shape index (κ2) is 6.40. The molecule has 1 aliphatic rings. The molecule has 8 nitrogen and oxygen atoms in total. The molecule has 1 aromatic carbocycles. The molecule has 0 atom stereocenters. The number of nitrogens with two attached hydrogens (primary N) is 1. The maximum atomic E-state index is 6.24. The standard InChI is InChI=1S/C19H18N6O2/c20-19-22-17(24-8-11-26-12-9-24)15(13-5-2-1-3-6-13)18-21-16(23-25(18)19)14-7-4-10-27-14/h1-7,10H,8-9,11-12H2,(H2,20,22). The maximum Gasteiger partial charge on any atom is 0.225 e. The van der Waals surface area contributed by atoms with Gasteiger partial charge in [0.2, 0.25) is 11.8 Å². The van der Waals surface area contributed by atoms with Crippen LogP contribution in [0.25, 0.3) is 28.4 Å². The molecule has 0 saturated carbocycles. The molecule has 1 aliphatic heterocycles. The molecular weight excluding hydrogens is 344 g/mol. The van der Waals surface area contributed by atoms with Gasteiger partial charge in [0, 0.05) is 13.1 Å². The summed E-state index contributed by atoms with van der Waals surface area (Å²) in [7, 11) is 0. The Labute approximate surface area is 155 Å². The van der Waals surface area contributed by atoms with Crippen molar-refractivity contribution in [1.82, 2.24) is 19.6 Å². The first-order valence-corrected chi connectivity index (χ1v) is 8.79. The van der Waals surface area contributed by atoms with Gasteiger partial charge in [-0.2, -0.15) is 9.50 Å². The summed E-state index contributed by atoms with van der Waals surface area (Å²) in [5.74, 6) is 2.15. The zero-order valence-corrected chi connectivity index (χ0v) is 14.6. The van der Waals surface area contributed by atoms with Crippen LogP contribution < -0.4 is 10.6 Å². The third-order valence-electron chi connectivity index (χ3n) is 4.61. The predicted octanol–water partition coefficient (Wildman–Crippen LogP) is 2.47. The zero-order valence-electron chi connectivity index (χ0n) is 14.6. The molecule has 4 aromatic rings. The van der Waals surface area contributed by atoms with Crippen LogP contribution in [0.2, 0.25) is 0 Å². The molecule has 2 N–H and O–H groups in total. The molecule has 3 aromatic heterocycles. The number of fused-ring (bicyclic) bond motifs is 1. The lowest BCUT2D eigenvalue weighted by molar-refractivity contribution is 0.122. The first-order chi connectivity index (χ1) is 13.3. The van der Waals surface area contributed by atoms with Gasteiger partial charge in [0.05, 0.1) is 25.0 Å². The Kier molecular flexibility index (Phi) is 3.75. The van der Waals surface area contributed by atoms with Gasteiger partial charge in [-0.05, 0) is 17.7 Å². The summed E-state index contributed by atoms with van der Waals surface area (Å²) in [6.45, 7) is 2.82. The average Bonchev–Trinajstić information content (AvgIpc) is 3.39. The number of nitrogen functional groups attached to an aromatic ring is 1. The minimum absolute atomic E-state index is 0.288. The summed E-state index contributed by atoms with van der Waals surface area (Å²) < 4.78 is 12.5. The SMILES string of the molecule is Nc1nc(N2CCOCC2)c(-c2ccccc2)c2nc(-c3ccco3)nn12. The van der Waals surface area contributed by atoms with E-state index in [0.29, 0.717) is 30.4 Å². The van der Waals surface area contributed by atoms with Crippen LogP contribution in [-0.4, -0.2) is 45.9 Å². The lowest BCUT2D eigenvalue weighted by Crippen LogP contribution is -2.37. The van der Waals surface area contributed by atoms with Gasteiger partial charge in [-0.25, -0.2) is 4.98 Å². The molecule has 1 fully saturated rings. The Morgan fingerprint density at radius 1 is 0.963 bits per heavy atom. The molecule has 27 heavy (non-hydrogen) atoms. The maximum absolute atomic E-state index is 6.24. The summed E-state index contributed by atoms with van der Waals surface area (Å²) >= 11 is 0. The molecule has 1 saturated heterocycles. The highest BCUT2D eigenvalue weighted by atomic mass is 16.5. The number of benzene rings is 1. The van der Waals surface area contributed by atoms with Crippen LogP contribution in [0.15, 0.2) is 53.1 Å². The van der Waals surface area contributed by atoms with Crippen LogP contribution in [0.4, 0.5) is 11.8 Å². The Morgan fingerprint density at radius 3 is 2.52 bits per heavy atom. The third kappa shape index (κ3) is 2.70. The Balaban J connectivity index is 1.78. The quantitative estimate of drug-likeness (QED) is 0.598. The fourth-order valence-corrected chi connectivity index (χ4v) is 3.32. The van der Waals surface area contributed by atoms with Crippen LogP contribution in [0, 0.1) is 0 Å². The van der Waals surface area contributed by atoms with Gasteiger partial charge in [-0.1, -0.05) is 30.3 Å². The van der Waals surface area contributed by atoms with E-state index in [1.807, 2.05) is 36.4 Å². The Hall–Kier alpha value is -3.39. The van der Waals surface area contributed by atoms with Crippen molar-refractivity contribution in [3.8, 4) is 22.7 Å². The molecule has 0 amide bonds. The van der Waals surface area contributed by atoms with Gasteiger partial charge in [-0.3, -0.25) is 0 Å². The van der Waals surface area contributed by atoms with Crippen LogP contribution in [0.5, 0.6) is 0 Å². The smallest absolute Gasteiger partial charge is 0.225 e. The van der Waals surface area contributed by atoms with E-state index in [1.165, 1.54) is 0 Å². The molecule has 0 bridgehead atoms.